The van der Waals surface area contributed by atoms with Gasteiger partial charge < -0.3 is 15.4 Å². The molecule has 0 aliphatic carbocycles. The predicted octanol–water partition coefficient (Wildman–Crippen LogP) is 3.16. The van der Waals surface area contributed by atoms with Crippen molar-refractivity contribution in [3.8, 4) is 11.8 Å². The van der Waals surface area contributed by atoms with Gasteiger partial charge in [0.15, 0.2) is 5.75 Å². The third-order valence-electron chi connectivity index (χ3n) is 3.04. The van der Waals surface area contributed by atoms with Crippen LogP contribution in [0.2, 0.25) is 0 Å². The maximum Gasteiger partial charge on any atom is 0.177 e. The minimum Gasteiger partial charge on any atom is -0.492 e. The molecule has 4 nitrogen and oxygen atoms in total. The molecule has 1 aromatic heterocycles. The number of rotatable bonds is 4. The zero-order chi connectivity index (χ0) is 14.7. The van der Waals surface area contributed by atoms with Crippen molar-refractivity contribution in [1.82, 2.24) is 0 Å². The van der Waals surface area contributed by atoms with Crippen LogP contribution in [-0.4, -0.2) is 14.2 Å². The number of methoxy groups -OCH3 is 1. The number of nitriles is 1. The van der Waals surface area contributed by atoms with E-state index in [1.165, 1.54) is 22.5 Å². The summed E-state index contributed by atoms with van der Waals surface area (Å²) in [4.78, 5) is 2.54. The number of ether oxygens (including phenoxy) is 1. The van der Waals surface area contributed by atoms with E-state index in [2.05, 4.69) is 36.1 Å². The topological polar surface area (TPSA) is 62.3 Å². The van der Waals surface area contributed by atoms with Crippen LogP contribution in [0.15, 0.2) is 24.3 Å². The average Bonchev–Trinajstić information content (AvgIpc) is 2.75. The van der Waals surface area contributed by atoms with Crippen LogP contribution in [0.5, 0.6) is 5.75 Å². The van der Waals surface area contributed by atoms with Crippen molar-refractivity contribution in [2.75, 3.05) is 24.8 Å². The fourth-order valence-corrected chi connectivity index (χ4v) is 3.05. The van der Waals surface area contributed by atoms with Crippen molar-refractivity contribution in [3.63, 3.8) is 0 Å². The standard InChI is InChI=1S/C15H17N3OS/c1-10-5-4-6-11(7-10)9-18(2)15-14(19-3)13(17)12(8-16)20-15/h4-7H,9,17H2,1-3H3. The number of anilines is 2. The summed E-state index contributed by atoms with van der Waals surface area (Å²) in [6, 6.07) is 10.4. The lowest BCUT2D eigenvalue weighted by Crippen LogP contribution is -2.15. The summed E-state index contributed by atoms with van der Waals surface area (Å²) in [5, 5.41) is 9.94. The van der Waals surface area contributed by atoms with Crippen molar-refractivity contribution in [1.29, 1.82) is 5.26 Å². The molecule has 2 N–H and O–H groups in total. The summed E-state index contributed by atoms with van der Waals surface area (Å²) >= 11 is 1.36. The van der Waals surface area contributed by atoms with Gasteiger partial charge in [0.2, 0.25) is 0 Å². The van der Waals surface area contributed by atoms with Crippen LogP contribution in [0.4, 0.5) is 10.7 Å². The molecule has 0 amide bonds. The summed E-state index contributed by atoms with van der Waals surface area (Å²) in [6.07, 6.45) is 0. The monoisotopic (exact) mass is 287 g/mol. The molecule has 0 atom stereocenters. The van der Waals surface area contributed by atoms with E-state index in [4.69, 9.17) is 15.7 Å². The lowest BCUT2D eigenvalue weighted by molar-refractivity contribution is 0.418. The molecular formula is C15H17N3OS. The van der Waals surface area contributed by atoms with Crippen LogP contribution in [0.1, 0.15) is 16.0 Å². The first-order valence-electron chi connectivity index (χ1n) is 6.19. The Hall–Kier alpha value is -2.19. The lowest BCUT2D eigenvalue weighted by atomic mass is 10.1. The van der Waals surface area contributed by atoms with Crippen molar-refractivity contribution in [3.05, 3.63) is 40.3 Å². The molecule has 0 saturated heterocycles. The first-order valence-corrected chi connectivity index (χ1v) is 7.01. The van der Waals surface area contributed by atoms with Gasteiger partial charge in [0.25, 0.3) is 0 Å². The molecular weight excluding hydrogens is 270 g/mol. The molecule has 0 radical (unpaired) electrons. The number of hydrogen-bond donors (Lipinski definition) is 1. The quantitative estimate of drug-likeness (QED) is 0.938. The largest absolute Gasteiger partial charge is 0.492 e. The van der Waals surface area contributed by atoms with Crippen molar-refractivity contribution >= 4 is 22.0 Å². The zero-order valence-corrected chi connectivity index (χ0v) is 12.6. The number of nitrogens with two attached hydrogens (primary N) is 1. The number of thiophene rings is 1. The van der Waals surface area contributed by atoms with E-state index < -0.39 is 0 Å². The molecule has 2 rings (SSSR count). The minimum atomic E-state index is 0.422. The molecule has 20 heavy (non-hydrogen) atoms. The van der Waals surface area contributed by atoms with Crippen molar-refractivity contribution < 1.29 is 4.74 Å². The maximum atomic E-state index is 9.07. The van der Waals surface area contributed by atoms with E-state index in [-0.39, 0.29) is 0 Å². The van der Waals surface area contributed by atoms with Gasteiger partial charge in [-0.1, -0.05) is 29.8 Å². The highest BCUT2D eigenvalue weighted by Gasteiger charge is 2.19. The predicted molar refractivity (Wildman–Crippen MR) is 83.3 cm³/mol. The fraction of sp³-hybridized carbons (Fsp3) is 0.267. The van der Waals surface area contributed by atoms with Crippen LogP contribution in [0, 0.1) is 18.3 Å². The Kier molecular flexibility index (Phi) is 4.16. The highest BCUT2D eigenvalue weighted by atomic mass is 32.1. The second kappa shape index (κ2) is 5.85. The third kappa shape index (κ3) is 2.70. The number of benzene rings is 1. The van der Waals surface area contributed by atoms with Crippen LogP contribution in [0.3, 0.4) is 0 Å². The molecule has 5 heteroatoms. The van der Waals surface area contributed by atoms with Crippen LogP contribution in [-0.2, 0) is 6.54 Å². The van der Waals surface area contributed by atoms with Crippen molar-refractivity contribution in [2.45, 2.75) is 13.5 Å². The first-order chi connectivity index (χ1) is 9.56. The number of nitrogen functional groups attached to an aromatic ring is 1. The lowest BCUT2D eigenvalue weighted by Gasteiger charge is -2.19. The second-order valence-corrected chi connectivity index (χ2v) is 5.64. The van der Waals surface area contributed by atoms with Crippen LogP contribution >= 0.6 is 11.3 Å². The van der Waals surface area contributed by atoms with E-state index >= 15 is 0 Å². The summed E-state index contributed by atoms with van der Waals surface area (Å²) < 4.78 is 5.33. The SMILES string of the molecule is COc1c(N(C)Cc2cccc(C)c2)sc(C#N)c1N. The van der Waals surface area contributed by atoms with E-state index in [9.17, 15) is 0 Å². The Balaban J connectivity index is 2.30. The molecule has 104 valence electrons. The van der Waals surface area contributed by atoms with Gasteiger partial charge in [-0.25, -0.2) is 0 Å². The second-order valence-electron chi connectivity index (χ2n) is 4.64. The summed E-state index contributed by atoms with van der Waals surface area (Å²) in [7, 11) is 3.54. The van der Waals surface area contributed by atoms with E-state index in [1.807, 2.05) is 13.1 Å². The van der Waals surface area contributed by atoms with Crippen LogP contribution in [0.25, 0.3) is 0 Å². The molecule has 0 fully saturated rings. The van der Waals surface area contributed by atoms with Gasteiger partial charge >= 0.3 is 0 Å². The Morgan fingerprint density at radius 3 is 2.80 bits per heavy atom. The summed E-state index contributed by atoms with van der Waals surface area (Å²) in [5.74, 6) is 0.585. The molecule has 1 aromatic carbocycles. The number of hydrogen-bond acceptors (Lipinski definition) is 5. The Bertz CT molecular complexity index is 658. The van der Waals surface area contributed by atoms with Gasteiger partial charge in [-0.15, -0.1) is 11.3 Å². The highest BCUT2D eigenvalue weighted by Crippen LogP contribution is 2.44. The number of nitrogens with zero attached hydrogens (tertiary/aromatic N) is 2. The Morgan fingerprint density at radius 2 is 2.20 bits per heavy atom. The van der Waals surface area contributed by atoms with Gasteiger partial charge in [-0.3, -0.25) is 0 Å². The van der Waals surface area contributed by atoms with E-state index in [0.29, 0.717) is 16.3 Å². The molecule has 0 bridgehead atoms. The molecule has 0 saturated carbocycles. The molecule has 1 heterocycles. The first kappa shape index (κ1) is 14.2. The van der Waals surface area contributed by atoms with Gasteiger partial charge in [0.1, 0.15) is 21.6 Å². The van der Waals surface area contributed by atoms with E-state index in [0.717, 1.165) is 11.5 Å². The Labute approximate surface area is 123 Å². The molecule has 0 aliphatic heterocycles. The molecule has 0 spiro atoms. The zero-order valence-electron chi connectivity index (χ0n) is 11.8. The third-order valence-corrected chi connectivity index (χ3v) is 4.24. The molecule has 0 unspecified atom stereocenters. The summed E-state index contributed by atoms with van der Waals surface area (Å²) in [5.41, 5.74) is 8.78. The normalized spacial score (nSPS) is 10.1. The van der Waals surface area contributed by atoms with Crippen molar-refractivity contribution in [2.24, 2.45) is 0 Å². The highest BCUT2D eigenvalue weighted by molar-refractivity contribution is 7.17. The summed E-state index contributed by atoms with van der Waals surface area (Å²) in [6.45, 7) is 2.81. The smallest absolute Gasteiger partial charge is 0.177 e. The van der Waals surface area contributed by atoms with Gasteiger partial charge in [-0.05, 0) is 12.5 Å². The molecule has 0 aliphatic rings. The fourth-order valence-electron chi connectivity index (χ4n) is 2.10. The average molecular weight is 287 g/mol. The van der Waals surface area contributed by atoms with Crippen LogP contribution < -0.4 is 15.4 Å². The van der Waals surface area contributed by atoms with E-state index in [1.54, 1.807) is 7.11 Å². The maximum absolute atomic E-state index is 9.07. The minimum absolute atomic E-state index is 0.422. The Morgan fingerprint density at radius 1 is 1.45 bits per heavy atom. The van der Waals surface area contributed by atoms with Gasteiger partial charge in [-0.2, -0.15) is 5.26 Å². The van der Waals surface area contributed by atoms with Gasteiger partial charge in [0.05, 0.1) is 7.11 Å². The van der Waals surface area contributed by atoms with Gasteiger partial charge in [0, 0.05) is 13.6 Å². The number of aryl methyl sites for hydroxylation is 1. The molecule has 2 aromatic rings.